The second-order valence-electron chi connectivity index (χ2n) is 5.70. The lowest BCUT2D eigenvalue weighted by atomic mass is 9.93. The molecule has 0 aliphatic heterocycles. The number of amides is 1. The molecule has 0 bridgehead atoms. The third-order valence-corrected chi connectivity index (χ3v) is 4.30. The number of nitro benzene ring substituents is 1. The van der Waals surface area contributed by atoms with Crippen LogP contribution < -0.4 is 14.8 Å². The fraction of sp³-hybridized carbons (Fsp3) is 0.353. The number of carbonyl (C=O) groups is 1. The maximum Gasteiger partial charge on any atom is 0.286 e. The molecule has 1 aliphatic rings. The molecule has 25 heavy (non-hydrogen) atoms. The quantitative estimate of drug-likeness (QED) is 0.659. The highest BCUT2D eigenvalue weighted by Crippen LogP contribution is 2.36. The van der Waals surface area contributed by atoms with Crippen LogP contribution >= 0.6 is 0 Å². The lowest BCUT2D eigenvalue weighted by Gasteiger charge is -2.22. The van der Waals surface area contributed by atoms with Crippen molar-refractivity contribution in [2.45, 2.75) is 25.3 Å². The molecule has 0 saturated carbocycles. The molecule has 8 heteroatoms. The van der Waals surface area contributed by atoms with Crippen LogP contribution in [0.15, 0.2) is 28.9 Å². The number of rotatable bonds is 5. The Bertz CT molecular complexity index is 813. The molecule has 0 spiro atoms. The van der Waals surface area contributed by atoms with Crippen LogP contribution in [0.5, 0.6) is 11.5 Å². The highest BCUT2D eigenvalue weighted by Gasteiger charge is 2.29. The Morgan fingerprint density at radius 2 is 2.04 bits per heavy atom. The zero-order valence-electron chi connectivity index (χ0n) is 13.9. The number of furan rings is 1. The number of fused-ring (bicyclic) bond motifs is 1. The Hall–Kier alpha value is -3.03. The maximum atomic E-state index is 12.7. The van der Waals surface area contributed by atoms with Gasteiger partial charge in [0, 0.05) is 18.1 Å². The Kier molecular flexibility index (Phi) is 4.60. The number of hydrogen-bond donors (Lipinski definition) is 1. The number of nitrogens with zero attached hydrogens (tertiary/aromatic N) is 1. The van der Waals surface area contributed by atoms with Crippen LogP contribution in [0, 0.1) is 10.1 Å². The molecule has 1 amide bonds. The van der Waals surface area contributed by atoms with Crippen LogP contribution in [0.4, 0.5) is 5.69 Å². The molecule has 1 atom stereocenters. The molecule has 3 rings (SSSR count). The summed E-state index contributed by atoms with van der Waals surface area (Å²) in [5.74, 6) is 0.761. The summed E-state index contributed by atoms with van der Waals surface area (Å²) in [6.07, 6.45) is 4.04. The molecule has 132 valence electrons. The van der Waals surface area contributed by atoms with Crippen LogP contribution in [-0.4, -0.2) is 25.1 Å². The summed E-state index contributed by atoms with van der Waals surface area (Å²) in [6.45, 7) is 0. The number of hydrogen-bond acceptors (Lipinski definition) is 6. The third-order valence-electron chi connectivity index (χ3n) is 4.30. The summed E-state index contributed by atoms with van der Waals surface area (Å²) < 4.78 is 15.6. The average molecular weight is 346 g/mol. The minimum atomic E-state index is -0.610. The van der Waals surface area contributed by atoms with Gasteiger partial charge < -0.3 is 19.2 Å². The zero-order valence-corrected chi connectivity index (χ0v) is 13.9. The lowest BCUT2D eigenvalue weighted by molar-refractivity contribution is -0.385. The first kappa shape index (κ1) is 16.8. The molecule has 1 aromatic carbocycles. The van der Waals surface area contributed by atoms with Gasteiger partial charge in [0.05, 0.1) is 37.5 Å². The van der Waals surface area contributed by atoms with E-state index in [0.717, 1.165) is 30.6 Å². The second kappa shape index (κ2) is 6.84. The van der Waals surface area contributed by atoms with Gasteiger partial charge in [0.1, 0.15) is 11.3 Å². The Morgan fingerprint density at radius 3 is 2.72 bits per heavy atom. The summed E-state index contributed by atoms with van der Waals surface area (Å²) in [4.78, 5) is 23.4. The van der Waals surface area contributed by atoms with E-state index < -0.39 is 10.8 Å². The fourth-order valence-electron chi connectivity index (χ4n) is 3.07. The van der Waals surface area contributed by atoms with Gasteiger partial charge >= 0.3 is 0 Å². The minimum absolute atomic E-state index is 0.0710. The van der Waals surface area contributed by atoms with Gasteiger partial charge in [-0.3, -0.25) is 14.9 Å². The van der Waals surface area contributed by atoms with E-state index in [0.29, 0.717) is 0 Å². The molecule has 0 saturated heterocycles. The SMILES string of the molecule is COc1cc(C(=O)NC2CCCc3occc32)c([N+](=O)[O-])cc1OC. The van der Waals surface area contributed by atoms with Gasteiger partial charge in [0.15, 0.2) is 11.5 Å². The summed E-state index contributed by atoms with van der Waals surface area (Å²) in [5.41, 5.74) is 0.513. The number of benzene rings is 1. The maximum absolute atomic E-state index is 12.7. The van der Waals surface area contributed by atoms with Crippen molar-refractivity contribution in [3.05, 3.63) is 51.5 Å². The topological polar surface area (TPSA) is 104 Å². The van der Waals surface area contributed by atoms with Crippen molar-refractivity contribution < 1.29 is 23.6 Å². The summed E-state index contributed by atoms with van der Waals surface area (Å²) >= 11 is 0. The average Bonchev–Trinajstić information content (AvgIpc) is 3.10. The Morgan fingerprint density at radius 1 is 1.32 bits per heavy atom. The van der Waals surface area contributed by atoms with Gasteiger partial charge in [0.25, 0.3) is 11.6 Å². The normalized spacial score (nSPS) is 16.0. The molecule has 0 fully saturated rings. The number of nitro groups is 1. The molecular formula is C17H18N2O6. The van der Waals surface area contributed by atoms with E-state index in [2.05, 4.69) is 5.32 Å². The molecule has 1 N–H and O–H groups in total. The number of ether oxygens (including phenoxy) is 2. The van der Waals surface area contributed by atoms with Crippen molar-refractivity contribution in [2.24, 2.45) is 0 Å². The molecule has 1 unspecified atom stereocenters. The number of carbonyl (C=O) groups excluding carboxylic acids is 1. The molecular weight excluding hydrogens is 328 g/mol. The van der Waals surface area contributed by atoms with E-state index in [1.54, 1.807) is 6.26 Å². The van der Waals surface area contributed by atoms with E-state index in [9.17, 15) is 14.9 Å². The van der Waals surface area contributed by atoms with Crippen LogP contribution in [-0.2, 0) is 6.42 Å². The predicted octanol–water partition coefficient (Wildman–Crippen LogP) is 3.01. The van der Waals surface area contributed by atoms with E-state index >= 15 is 0 Å². The number of methoxy groups -OCH3 is 2. The summed E-state index contributed by atoms with van der Waals surface area (Å²) in [6, 6.07) is 4.11. The fourth-order valence-corrected chi connectivity index (χ4v) is 3.07. The van der Waals surface area contributed by atoms with Gasteiger partial charge in [-0.05, 0) is 18.9 Å². The molecule has 0 radical (unpaired) electrons. The first-order valence-electron chi connectivity index (χ1n) is 7.82. The molecule has 2 aromatic rings. The largest absolute Gasteiger partial charge is 0.493 e. The smallest absolute Gasteiger partial charge is 0.286 e. The number of nitrogens with one attached hydrogen (secondary N) is 1. The highest BCUT2D eigenvalue weighted by molar-refractivity contribution is 5.99. The number of aryl methyl sites for hydroxylation is 1. The van der Waals surface area contributed by atoms with E-state index in [4.69, 9.17) is 13.9 Å². The van der Waals surface area contributed by atoms with Crippen molar-refractivity contribution in [3.63, 3.8) is 0 Å². The summed E-state index contributed by atoms with van der Waals surface area (Å²) in [7, 11) is 2.79. The van der Waals surface area contributed by atoms with Gasteiger partial charge in [-0.15, -0.1) is 0 Å². The minimum Gasteiger partial charge on any atom is -0.493 e. The van der Waals surface area contributed by atoms with Crippen molar-refractivity contribution in [3.8, 4) is 11.5 Å². The van der Waals surface area contributed by atoms with Crippen LogP contribution in [0.25, 0.3) is 0 Å². The first-order valence-corrected chi connectivity index (χ1v) is 7.82. The molecule has 1 aromatic heterocycles. The van der Waals surface area contributed by atoms with Gasteiger partial charge in [0.2, 0.25) is 0 Å². The first-order chi connectivity index (χ1) is 12.0. The van der Waals surface area contributed by atoms with Crippen LogP contribution in [0.1, 0.15) is 40.6 Å². The standard InChI is InChI=1S/C17H18N2O6/c1-23-15-8-11(13(19(21)22)9-16(15)24-2)17(20)18-12-4-3-5-14-10(12)6-7-25-14/h6-9,12H,3-5H2,1-2H3,(H,18,20). The molecule has 1 heterocycles. The highest BCUT2D eigenvalue weighted by atomic mass is 16.6. The van der Waals surface area contributed by atoms with E-state index in [-0.39, 0.29) is 28.8 Å². The van der Waals surface area contributed by atoms with Crippen LogP contribution in [0.3, 0.4) is 0 Å². The Balaban J connectivity index is 1.93. The van der Waals surface area contributed by atoms with Gasteiger partial charge in [-0.2, -0.15) is 0 Å². The van der Waals surface area contributed by atoms with Crippen molar-refractivity contribution in [1.29, 1.82) is 0 Å². The lowest BCUT2D eigenvalue weighted by Crippen LogP contribution is -2.31. The van der Waals surface area contributed by atoms with Crippen molar-refractivity contribution in [2.75, 3.05) is 14.2 Å². The Labute approximate surface area is 143 Å². The van der Waals surface area contributed by atoms with Crippen molar-refractivity contribution in [1.82, 2.24) is 5.32 Å². The van der Waals surface area contributed by atoms with E-state index in [1.165, 1.54) is 26.4 Å². The predicted molar refractivity (Wildman–Crippen MR) is 88.1 cm³/mol. The molecule has 8 nitrogen and oxygen atoms in total. The van der Waals surface area contributed by atoms with Crippen molar-refractivity contribution >= 4 is 11.6 Å². The van der Waals surface area contributed by atoms with Crippen LogP contribution in [0.2, 0.25) is 0 Å². The van der Waals surface area contributed by atoms with Gasteiger partial charge in [-0.1, -0.05) is 0 Å². The monoisotopic (exact) mass is 346 g/mol. The van der Waals surface area contributed by atoms with E-state index in [1.807, 2.05) is 6.07 Å². The van der Waals surface area contributed by atoms with Gasteiger partial charge in [-0.25, -0.2) is 0 Å². The zero-order chi connectivity index (χ0) is 18.0. The second-order valence-corrected chi connectivity index (χ2v) is 5.70. The molecule has 1 aliphatic carbocycles. The third kappa shape index (κ3) is 3.15. The summed E-state index contributed by atoms with van der Waals surface area (Å²) in [5, 5.41) is 14.2.